The van der Waals surface area contributed by atoms with Crippen molar-refractivity contribution in [2.75, 3.05) is 0 Å². The van der Waals surface area contributed by atoms with Crippen LogP contribution in [0, 0.1) is 0 Å². The van der Waals surface area contributed by atoms with Crippen LogP contribution in [0.25, 0.3) is 0 Å². The van der Waals surface area contributed by atoms with Gasteiger partial charge in [-0.3, -0.25) is 4.90 Å². The van der Waals surface area contributed by atoms with E-state index in [1.807, 2.05) is 33.8 Å². The van der Waals surface area contributed by atoms with Gasteiger partial charge in [0.2, 0.25) is 0 Å². The molecule has 1 amide bonds. The van der Waals surface area contributed by atoms with E-state index in [-0.39, 0.29) is 0 Å². The fraction of sp³-hybridized carbons (Fsp3) is 0.545. The summed E-state index contributed by atoms with van der Waals surface area (Å²) >= 11 is 0. The van der Waals surface area contributed by atoms with Gasteiger partial charge in [0.05, 0.1) is 0 Å². The molecule has 1 unspecified atom stereocenters. The third-order valence-corrected chi connectivity index (χ3v) is 1.98. The predicted molar refractivity (Wildman–Crippen MR) is 58.9 cm³/mol. The molecule has 4 heteroatoms. The van der Waals surface area contributed by atoms with Crippen molar-refractivity contribution in [2.24, 2.45) is 5.73 Å². The predicted octanol–water partition coefficient (Wildman–Crippen LogP) is 1.98. The van der Waals surface area contributed by atoms with E-state index < -0.39 is 17.9 Å². The summed E-state index contributed by atoms with van der Waals surface area (Å²) < 4.78 is 5.22. The van der Waals surface area contributed by atoms with E-state index in [2.05, 4.69) is 0 Å². The second-order valence-electron chi connectivity index (χ2n) is 4.58. The highest BCUT2D eigenvalue weighted by Gasteiger charge is 2.26. The number of nitrogens with zero attached hydrogens (tertiary/aromatic N) is 1. The average Bonchev–Trinajstić information content (AvgIpc) is 2.06. The molecular formula is C11H18N2O2. The molecule has 1 atom stereocenters. The van der Waals surface area contributed by atoms with Crippen LogP contribution in [0.1, 0.15) is 27.7 Å². The van der Waals surface area contributed by atoms with E-state index in [1.165, 1.54) is 4.90 Å². The second-order valence-corrected chi connectivity index (χ2v) is 4.58. The zero-order valence-corrected chi connectivity index (χ0v) is 9.65. The molecule has 0 spiro atoms. The zero-order chi connectivity index (χ0) is 11.6. The molecule has 0 radical (unpaired) electrons. The van der Waals surface area contributed by atoms with E-state index in [0.717, 1.165) is 5.57 Å². The first kappa shape index (κ1) is 11.8. The van der Waals surface area contributed by atoms with Gasteiger partial charge in [-0.25, -0.2) is 4.79 Å². The van der Waals surface area contributed by atoms with E-state index in [0.29, 0.717) is 0 Å². The van der Waals surface area contributed by atoms with Crippen LogP contribution in [0.5, 0.6) is 0 Å². The third kappa shape index (κ3) is 3.09. The number of allylic oxidation sites excluding steroid dienone is 2. The molecule has 0 aromatic carbocycles. The van der Waals surface area contributed by atoms with Crippen LogP contribution in [-0.2, 0) is 4.74 Å². The second kappa shape index (κ2) is 4.06. The van der Waals surface area contributed by atoms with Gasteiger partial charge in [-0.1, -0.05) is 6.08 Å². The molecule has 2 N–H and O–H groups in total. The van der Waals surface area contributed by atoms with Gasteiger partial charge in [0.15, 0.2) is 0 Å². The molecule has 1 heterocycles. The van der Waals surface area contributed by atoms with Gasteiger partial charge in [-0.15, -0.1) is 0 Å². The Morgan fingerprint density at radius 2 is 2.13 bits per heavy atom. The number of carbonyl (C=O) groups excluding carboxylic acids is 1. The Kier molecular flexibility index (Phi) is 3.19. The van der Waals surface area contributed by atoms with Crippen molar-refractivity contribution in [1.82, 2.24) is 4.90 Å². The van der Waals surface area contributed by atoms with Gasteiger partial charge in [-0.05, 0) is 39.3 Å². The summed E-state index contributed by atoms with van der Waals surface area (Å²) in [5.41, 5.74) is 6.28. The van der Waals surface area contributed by atoms with Crippen LogP contribution < -0.4 is 5.73 Å². The topological polar surface area (TPSA) is 55.6 Å². The monoisotopic (exact) mass is 210 g/mol. The highest BCUT2D eigenvalue weighted by Crippen LogP contribution is 2.16. The van der Waals surface area contributed by atoms with E-state index >= 15 is 0 Å². The quantitative estimate of drug-likeness (QED) is 0.665. The van der Waals surface area contributed by atoms with Crippen molar-refractivity contribution >= 4 is 6.09 Å². The standard InChI is InChI=1S/C11H18N2O2/c1-8-6-5-7-13(9(8)12)10(14)15-11(2,3)4/h5-7,9H,12H2,1-4H3. The van der Waals surface area contributed by atoms with Crippen molar-refractivity contribution in [3.05, 3.63) is 23.9 Å². The first-order chi connectivity index (χ1) is 6.81. The summed E-state index contributed by atoms with van der Waals surface area (Å²) in [4.78, 5) is 13.1. The SMILES string of the molecule is CC1=CC=CN(C(=O)OC(C)(C)C)C1N. The maximum absolute atomic E-state index is 11.7. The lowest BCUT2D eigenvalue weighted by Gasteiger charge is -2.30. The van der Waals surface area contributed by atoms with E-state index in [9.17, 15) is 4.79 Å². The van der Waals surface area contributed by atoms with Crippen LogP contribution in [0.4, 0.5) is 4.79 Å². The van der Waals surface area contributed by atoms with Crippen LogP contribution >= 0.6 is 0 Å². The summed E-state index contributed by atoms with van der Waals surface area (Å²) in [5, 5.41) is 0. The number of carbonyl (C=O) groups is 1. The Morgan fingerprint density at radius 1 is 1.53 bits per heavy atom. The van der Waals surface area contributed by atoms with Crippen LogP contribution in [0.2, 0.25) is 0 Å². The maximum Gasteiger partial charge on any atom is 0.415 e. The summed E-state index contributed by atoms with van der Waals surface area (Å²) in [7, 11) is 0. The van der Waals surface area contributed by atoms with Gasteiger partial charge in [0.1, 0.15) is 11.8 Å². The smallest absolute Gasteiger partial charge is 0.415 e. The van der Waals surface area contributed by atoms with Crippen molar-refractivity contribution < 1.29 is 9.53 Å². The highest BCUT2D eigenvalue weighted by molar-refractivity contribution is 5.70. The number of rotatable bonds is 0. The molecule has 0 aromatic heterocycles. The Bertz CT molecular complexity index is 313. The molecule has 1 rings (SSSR count). The van der Waals surface area contributed by atoms with Crippen LogP contribution in [0.15, 0.2) is 23.9 Å². The summed E-state index contributed by atoms with van der Waals surface area (Å²) in [6, 6.07) is 0. The Labute approximate surface area is 90.4 Å². The number of hydrogen-bond donors (Lipinski definition) is 1. The number of amides is 1. The Hall–Kier alpha value is -1.29. The highest BCUT2D eigenvalue weighted by atomic mass is 16.6. The molecule has 1 aliphatic rings. The molecule has 15 heavy (non-hydrogen) atoms. The van der Waals surface area contributed by atoms with Gasteiger partial charge in [0, 0.05) is 6.20 Å². The molecule has 0 aliphatic carbocycles. The minimum atomic E-state index is -0.500. The summed E-state index contributed by atoms with van der Waals surface area (Å²) in [5.74, 6) is 0. The number of hydrogen-bond acceptors (Lipinski definition) is 3. The van der Waals surface area contributed by atoms with E-state index in [4.69, 9.17) is 10.5 Å². The van der Waals surface area contributed by atoms with E-state index in [1.54, 1.807) is 12.3 Å². The summed E-state index contributed by atoms with van der Waals surface area (Å²) in [6.07, 6.45) is 4.45. The first-order valence-corrected chi connectivity index (χ1v) is 4.93. The summed E-state index contributed by atoms with van der Waals surface area (Å²) in [6.45, 7) is 7.36. The van der Waals surface area contributed by atoms with Crippen molar-refractivity contribution in [3.8, 4) is 0 Å². The third-order valence-electron chi connectivity index (χ3n) is 1.98. The molecule has 0 saturated heterocycles. The van der Waals surface area contributed by atoms with Crippen LogP contribution in [0.3, 0.4) is 0 Å². The zero-order valence-electron chi connectivity index (χ0n) is 9.65. The van der Waals surface area contributed by atoms with Gasteiger partial charge >= 0.3 is 6.09 Å². The lowest BCUT2D eigenvalue weighted by atomic mass is 10.1. The molecule has 0 saturated carbocycles. The fourth-order valence-corrected chi connectivity index (χ4v) is 1.19. The normalized spacial score (nSPS) is 21.3. The molecule has 84 valence electrons. The van der Waals surface area contributed by atoms with Crippen molar-refractivity contribution in [3.63, 3.8) is 0 Å². The van der Waals surface area contributed by atoms with Crippen molar-refractivity contribution in [1.29, 1.82) is 0 Å². The number of ether oxygens (including phenoxy) is 1. The van der Waals surface area contributed by atoms with Gasteiger partial charge in [-0.2, -0.15) is 0 Å². The Balaban J connectivity index is 2.70. The lowest BCUT2D eigenvalue weighted by Crippen LogP contribution is -2.46. The largest absolute Gasteiger partial charge is 0.443 e. The molecule has 4 nitrogen and oxygen atoms in total. The van der Waals surface area contributed by atoms with Crippen molar-refractivity contribution in [2.45, 2.75) is 39.5 Å². The van der Waals surface area contributed by atoms with Crippen LogP contribution in [-0.4, -0.2) is 22.8 Å². The number of nitrogens with two attached hydrogens (primary N) is 1. The lowest BCUT2D eigenvalue weighted by molar-refractivity contribution is 0.0291. The average molecular weight is 210 g/mol. The molecule has 0 bridgehead atoms. The van der Waals surface area contributed by atoms with Gasteiger partial charge < -0.3 is 10.5 Å². The maximum atomic E-state index is 11.7. The minimum absolute atomic E-state index is 0.418. The minimum Gasteiger partial charge on any atom is -0.443 e. The molecule has 0 fully saturated rings. The fourth-order valence-electron chi connectivity index (χ4n) is 1.19. The molecule has 1 aliphatic heterocycles. The molecular weight excluding hydrogens is 192 g/mol. The first-order valence-electron chi connectivity index (χ1n) is 4.93. The van der Waals surface area contributed by atoms with Gasteiger partial charge in [0.25, 0.3) is 0 Å². The Morgan fingerprint density at radius 3 is 2.67 bits per heavy atom. The molecule has 0 aromatic rings.